The minimum atomic E-state index is -4.32. The minimum Gasteiger partial charge on any atom is -0.278 e. The van der Waals surface area contributed by atoms with Gasteiger partial charge in [-0.3, -0.25) is 5.14 Å². The fourth-order valence-corrected chi connectivity index (χ4v) is 3.49. The van der Waals surface area contributed by atoms with Crippen molar-refractivity contribution in [2.45, 2.75) is 11.9 Å². The number of nitrogens with zero attached hydrogens (tertiary/aromatic N) is 1. The standard InChI is InChI=1S/C15H11F3N2S2/c16-15(17,18)11-4-2-10(3-5-11)14-20-12-6-1-9(8-21-19)7-13(12)22-14/h1-7H,8,19H2. The summed E-state index contributed by atoms with van der Waals surface area (Å²) in [7, 11) is 0. The molecule has 0 aliphatic carbocycles. The van der Waals surface area contributed by atoms with Crippen LogP contribution in [-0.2, 0) is 11.9 Å². The summed E-state index contributed by atoms with van der Waals surface area (Å²) in [5.41, 5.74) is 1.97. The highest BCUT2D eigenvalue weighted by Gasteiger charge is 2.30. The predicted molar refractivity (Wildman–Crippen MR) is 85.5 cm³/mol. The Morgan fingerprint density at radius 3 is 2.45 bits per heavy atom. The zero-order valence-electron chi connectivity index (χ0n) is 11.2. The first-order chi connectivity index (χ1) is 10.5. The van der Waals surface area contributed by atoms with Gasteiger partial charge in [-0.1, -0.05) is 30.1 Å². The molecular formula is C15H11F3N2S2. The van der Waals surface area contributed by atoms with Crippen LogP contribution in [0.5, 0.6) is 0 Å². The third-order valence-corrected chi connectivity index (χ3v) is 4.73. The number of thiazole rings is 1. The minimum absolute atomic E-state index is 0.653. The Morgan fingerprint density at radius 2 is 1.82 bits per heavy atom. The van der Waals surface area contributed by atoms with Crippen molar-refractivity contribution in [1.29, 1.82) is 0 Å². The smallest absolute Gasteiger partial charge is 0.278 e. The highest BCUT2D eigenvalue weighted by atomic mass is 32.2. The first-order valence-corrected chi connectivity index (χ1v) is 8.22. The maximum absolute atomic E-state index is 12.6. The van der Waals surface area contributed by atoms with Gasteiger partial charge in [0, 0.05) is 11.3 Å². The Balaban J connectivity index is 1.96. The molecule has 1 aromatic heterocycles. The predicted octanol–water partition coefficient (Wildman–Crippen LogP) is 5.09. The molecule has 0 atom stereocenters. The van der Waals surface area contributed by atoms with Crippen molar-refractivity contribution in [3.63, 3.8) is 0 Å². The molecule has 2 nitrogen and oxygen atoms in total. The van der Waals surface area contributed by atoms with Gasteiger partial charge in [0.15, 0.2) is 0 Å². The van der Waals surface area contributed by atoms with Crippen LogP contribution < -0.4 is 5.14 Å². The number of aromatic nitrogens is 1. The van der Waals surface area contributed by atoms with E-state index in [0.29, 0.717) is 16.3 Å². The lowest BCUT2D eigenvalue weighted by Crippen LogP contribution is -2.03. The molecule has 7 heteroatoms. The van der Waals surface area contributed by atoms with Crippen molar-refractivity contribution >= 4 is 33.5 Å². The Morgan fingerprint density at radius 1 is 1.09 bits per heavy atom. The van der Waals surface area contributed by atoms with Crippen LogP contribution in [0.3, 0.4) is 0 Å². The van der Waals surface area contributed by atoms with Gasteiger partial charge in [-0.2, -0.15) is 13.2 Å². The number of halogens is 3. The largest absolute Gasteiger partial charge is 0.416 e. The average molecular weight is 340 g/mol. The topological polar surface area (TPSA) is 38.9 Å². The molecular weight excluding hydrogens is 329 g/mol. The Kier molecular flexibility index (Phi) is 4.12. The molecule has 22 heavy (non-hydrogen) atoms. The molecule has 0 spiro atoms. The second-order valence-electron chi connectivity index (χ2n) is 4.71. The molecule has 1 heterocycles. The molecule has 3 rings (SSSR count). The fourth-order valence-electron chi connectivity index (χ4n) is 2.08. The monoisotopic (exact) mass is 340 g/mol. The summed E-state index contributed by atoms with van der Waals surface area (Å²) in [6.45, 7) is 0. The first-order valence-electron chi connectivity index (χ1n) is 6.36. The van der Waals surface area contributed by atoms with Gasteiger partial charge >= 0.3 is 6.18 Å². The molecule has 0 aliphatic heterocycles. The molecule has 0 saturated carbocycles. The van der Waals surface area contributed by atoms with Crippen LogP contribution in [0.15, 0.2) is 42.5 Å². The van der Waals surface area contributed by atoms with Gasteiger partial charge in [0.25, 0.3) is 0 Å². The van der Waals surface area contributed by atoms with Crippen molar-refractivity contribution in [2.24, 2.45) is 5.14 Å². The maximum Gasteiger partial charge on any atom is 0.416 e. The Labute approximate surface area is 133 Å². The second kappa shape index (κ2) is 5.91. The number of hydrogen-bond donors (Lipinski definition) is 1. The molecule has 2 N–H and O–H groups in total. The van der Waals surface area contributed by atoms with Crippen molar-refractivity contribution in [3.8, 4) is 10.6 Å². The molecule has 2 aromatic carbocycles. The molecule has 0 fully saturated rings. The second-order valence-corrected chi connectivity index (χ2v) is 6.36. The zero-order valence-corrected chi connectivity index (χ0v) is 12.9. The van der Waals surface area contributed by atoms with Gasteiger partial charge in [-0.25, -0.2) is 4.98 Å². The summed E-state index contributed by atoms with van der Waals surface area (Å²) in [4.78, 5) is 4.48. The van der Waals surface area contributed by atoms with Crippen molar-refractivity contribution in [1.82, 2.24) is 4.98 Å². The number of rotatable bonds is 3. The molecule has 0 unspecified atom stereocenters. The van der Waals surface area contributed by atoms with Gasteiger partial charge < -0.3 is 0 Å². The summed E-state index contributed by atoms with van der Waals surface area (Å²) in [6, 6.07) is 11.0. The van der Waals surface area contributed by atoms with Gasteiger partial charge in [-0.05, 0) is 29.8 Å². The molecule has 0 aliphatic rings. The number of alkyl halides is 3. The van der Waals surface area contributed by atoms with E-state index in [4.69, 9.17) is 5.14 Å². The van der Waals surface area contributed by atoms with Gasteiger partial charge in [-0.15, -0.1) is 11.3 Å². The SMILES string of the molecule is NSCc1ccc2nc(-c3ccc(C(F)(F)F)cc3)sc2c1. The third kappa shape index (κ3) is 3.11. The zero-order chi connectivity index (χ0) is 15.7. The average Bonchev–Trinajstić information content (AvgIpc) is 2.90. The number of fused-ring (bicyclic) bond motifs is 1. The summed E-state index contributed by atoms with van der Waals surface area (Å²) in [6.07, 6.45) is -4.32. The summed E-state index contributed by atoms with van der Waals surface area (Å²) in [5.74, 6) is 0.712. The maximum atomic E-state index is 12.6. The summed E-state index contributed by atoms with van der Waals surface area (Å²) >= 11 is 2.71. The van der Waals surface area contributed by atoms with Crippen LogP contribution >= 0.6 is 23.3 Å². The van der Waals surface area contributed by atoms with E-state index in [9.17, 15) is 13.2 Å². The van der Waals surface area contributed by atoms with Crippen molar-refractivity contribution in [2.75, 3.05) is 0 Å². The van der Waals surface area contributed by atoms with E-state index >= 15 is 0 Å². The van der Waals surface area contributed by atoms with Crippen LogP contribution in [0.4, 0.5) is 13.2 Å². The van der Waals surface area contributed by atoms with Gasteiger partial charge in [0.05, 0.1) is 15.8 Å². The molecule has 0 amide bonds. The fraction of sp³-hybridized carbons (Fsp3) is 0.133. The molecule has 0 saturated heterocycles. The van der Waals surface area contributed by atoms with E-state index in [2.05, 4.69) is 4.98 Å². The van der Waals surface area contributed by atoms with Crippen LogP contribution in [0, 0.1) is 0 Å². The van der Waals surface area contributed by atoms with E-state index in [-0.39, 0.29) is 0 Å². The molecule has 0 radical (unpaired) electrons. The van der Waals surface area contributed by atoms with E-state index < -0.39 is 11.7 Å². The van der Waals surface area contributed by atoms with E-state index in [0.717, 1.165) is 27.9 Å². The highest BCUT2D eigenvalue weighted by Crippen LogP contribution is 2.34. The lowest BCUT2D eigenvalue weighted by molar-refractivity contribution is -0.137. The van der Waals surface area contributed by atoms with Crippen LogP contribution in [0.2, 0.25) is 0 Å². The van der Waals surface area contributed by atoms with Crippen LogP contribution in [0.25, 0.3) is 20.8 Å². The van der Waals surface area contributed by atoms with Gasteiger partial charge in [0.1, 0.15) is 5.01 Å². The van der Waals surface area contributed by atoms with Crippen molar-refractivity contribution < 1.29 is 13.2 Å². The van der Waals surface area contributed by atoms with E-state index in [1.807, 2.05) is 18.2 Å². The molecule has 114 valence electrons. The lowest BCUT2D eigenvalue weighted by atomic mass is 10.1. The first kappa shape index (κ1) is 15.3. The third-order valence-electron chi connectivity index (χ3n) is 3.16. The summed E-state index contributed by atoms with van der Waals surface area (Å²) in [5, 5.41) is 6.17. The Hall–Kier alpha value is -1.57. The van der Waals surface area contributed by atoms with Gasteiger partial charge in [0.2, 0.25) is 0 Å². The summed E-state index contributed by atoms with van der Waals surface area (Å²) < 4.78 is 38.7. The van der Waals surface area contributed by atoms with Crippen LogP contribution in [0.1, 0.15) is 11.1 Å². The Bertz CT molecular complexity index is 795. The quantitative estimate of drug-likeness (QED) is 0.675. The number of nitrogens with two attached hydrogens (primary N) is 1. The van der Waals surface area contributed by atoms with Crippen LogP contribution in [-0.4, -0.2) is 4.98 Å². The number of benzene rings is 2. The molecule has 3 aromatic rings. The molecule has 0 bridgehead atoms. The lowest BCUT2D eigenvalue weighted by Gasteiger charge is -2.06. The number of hydrogen-bond acceptors (Lipinski definition) is 4. The highest BCUT2D eigenvalue weighted by molar-refractivity contribution is 7.96. The normalized spacial score (nSPS) is 12.0. The van der Waals surface area contributed by atoms with E-state index in [1.54, 1.807) is 0 Å². The van der Waals surface area contributed by atoms with E-state index in [1.165, 1.54) is 35.4 Å². The van der Waals surface area contributed by atoms with Crippen molar-refractivity contribution in [3.05, 3.63) is 53.6 Å².